The van der Waals surface area contributed by atoms with Gasteiger partial charge in [0, 0.05) is 18.4 Å². The Morgan fingerprint density at radius 2 is 1.71 bits per heavy atom. The molecule has 0 saturated carbocycles. The number of hydrogen-bond donors (Lipinski definition) is 0. The molecule has 0 amide bonds. The minimum Gasteiger partial charge on any atom is -0.497 e. The second kappa shape index (κ2) is 7.42. The number of ether oxygens (including phenoxy) is 1. The summed E-state index contributed by atoms with van der Waals surface area (Å²) in [6.45, 7) is 0. The van der Waals surface area contributed by atoms with Crippen molar-refractivity contribution < 1.29 is 14.3 Å². The van der Waals surface area contributed by atoms with Crippen molar-refractivity contribution in [2.75, 3.05) is 7.11 Å². The summed E-state index contributed by atoms with van der Waals surface area (Å²) in [5.41, 5.74) is 0.701. The van der Waals surface area contributed by atoms with Gasteiger partial charge in [0.25, 0.3) is 0 Å². The summed E-state index contributed by atoms with van der Waals surface area (Å²) in [4.78, 5) is 22.5. The number of carbonyl (C=O) groups is 2. The maximum Gasteiger partial charge on any atom is 0.192 e. The Morgan fingerprint density at radius 1 is 1.12 bits per heavy atom. The number of methoxy groups -OCH3 is 1. The van der Waals surface area contributed by atoms with Gasteiger partial charge in [-0.15, -0.1) is 0 Å². The fourth-order valence-electron chi connectivity index (χ4n) is 1.47. The van der Waals surface area contributed by atoms with E-state index >= 15 is 0 Å². The van der Waals surface area contributed by atoms with Crippen molar-refractivity contribution in [3.05, 3.63) is 29.8 Å². The van der Waals surface area contributed by atoms with Crippen molar-refractivity contribution in [1.29, 1.82) is 0 Å². The highest BCUT2D eigenvalue weighted by molar-refractivity contribution is 14.1. The summed E-state index contributed by atoms with van der Waals surface area (Å²) in [7, 11) is 1.60. The van der Waals surface area contributed by atoms with E-state index in [1.165, 1.54) is 0 Å². The van der Waals surface area contributed by atoms with Crippen LogP contribution in [0.25, 0.3) is 0 Å². The average Bonchev–Trinajstić information content (AvgIpc) is 2.34. The predicted molar refractivity (Wildman–Crippen MR) is 74.8 cm³/mol. The number of Topliss-reactive ketones (excluding diaryl/α,β-unsaturated/α-hetero) is 1. The number of benzene rings is 1. The van der Waals surface area contributed by atoms with Crippen molar-refractivity contribution in [1.82, 2.24) is 0 Å². The number of hydrogen-bond acceptors (Lipinski definition) is 3. The molecule has 0 bridgehead atoms. The van der Waals surface area contributed by atoms with Crippen LogP contribution in [0.2, 0.25) is 0 Å². The minimum absolute atomic E-state index is 0.119. The fraction of sp³-hybridized carbons (Fsp3) is 0.385. The minimum atomic E-state index is 0.119. The molecule has 0 aliphatic carbocycles. The van der Waals surface area contributed by atoms with Gasteiger partial charge in [-0.2, -0.15) is 0 Å². The quantitative estimate of drug-likeness (QED) is 0.329. The van der Waals surface area contributed by atoms with Crippen LogP contribution in [0, 0.1) is 0 Å². The second-order valence-corrected chi connectivity index (χ2v) is 4.92. The van der Waals surface area contributed by atoms with Crippen LogP contribution >= 0.6 is 22.6 Å². The highest BCUT2D eigenvalue weighted by Crippen LogP contribution is 2.14. The molecule has 1 aromatic carbocycles. The lowest BCUT2D eigenvalue weighted by atomic mass is 10.0. The van der Waals surface area contributed by atoms with E-state index in [1.54, 1.807) is 54.0 Å². The first kappa shape index (κ1) is 14.2. The molecule has 0 heterocycles. The predicted octanol–water partition coefficient (Wildman–Crippen LogP) is 3.40. The van der Waals surface area contributed by atoms with Crippen LogP contribution in [0.15, 0.2) is 24.3 Å². The lowest BCUT2D eigenvalue weighted by Crippen LogP contribution is -1.99. The molecule has 17 heavy (non-hydrogen) atoms. The monoisotopic (exact) mass is 346 g/mol. The number of halogens is 1. The average molecular weight is 346 g/mol. The Bertz CT molecular complexity index is 384. The molecule has 0 spiro atoms. The smallest absolute Gasteiger partial charge is 0.192 e. The van der Waals surface area contributed by atoms with Gasteiger partial charge in [0.05, 0.1) is 7.11 Å². The molecule has 0 aliphatic rings. The fourth-order valence-corrected chi connectivity index (χ4v) is 1.85. The van der Waals surface area contributed by atoms with Crippen LogP contribution in [0.4, 0.5) is 0 Å². The Balaban J connectivity index is 2.38. The molecule has 0 atom stereocenters. The first-order valence-corrected chi connectivity index (χ1v) is 6.57. The van der Waals surface area contributed by atoms with E-state index in [9.17, 15) is 9.59 Å². The third-order valence-electron chi connectivity index (χ3n) is 2.44. The third kappa shape index (κ3) is 5.30. The summed E-state index contributed by atoms with van der Waals surface area (Å²) < 4.78 is 5.18. The topological polar surface area (TPSA) is 43.4 Å². The number of rotatable bonds is 7. The zero-order valence-corrected chi connectivity index (χ0v) is 11.9. The van der Waals surface area contributed by atoms with Gasteiger partial charge in [0.2, 0.25) is 0 Å². The van der Waals surface area contributed by atoms with Crippen LogP contribution in [0.1, 0.15) is 36.0 Å². The SMILES string of the molecule is COc1ccc(C(=O)CCCCC(=O)I)cc1. The summed E-state index contributed by atoms with van der Waals surface area (Å²) in [6.07, 6.45) is 2.59. The van der Waals surface area contributed by atoms with E-state index in [1.807, 2.05) is 0 Å². The highest BCUT2D eigenvalue weighted by atomic mass is 127. The summed E-state index contributed by atoms with van der Waals surface area (Å²) in [6, 6.07) is 7.10. The molecule has 0 saturated heterocycles. The van der Waals surface area contributed by atoms with E-state index in [2.05, 4.69) is 0 Å². The third-order valence-corrected chi connectivity index (χ3v) is 2.98. The van der Waals surface area contributed by atoms with E-state index in [-0.39, 0.29) is 9.57 Å². The van der Waals surface area contributed by atoms with E-state index in [0.29, 0.717) is 18.4 Å². The molecule has 0 aliphatic heterocycles. The van der Waals surface area contributed by atoms with Crippen molar-refractivity contribution >= 4 is 32.2 Å². The molecule has 0 radical (unpaired) electrons. The lowest BCUT2D eigenvalue weighted by molar-refractivity contribution is -0.109. The summed E-state index contributed by atoms with van der Waals surface area (Å²) >= 11 is 1.78. The molecule has 1 rings (SSSR count). The Hall–Kier alpha value is -0.910. The largest absolute Gasteiger partial charge is 0.497 e. The van der Waals surface area contributed by atoms with Gasteiger partial charge >= 0.3 is 0 Å². The molecule has 0 fully saturated rings. The van der Waals surface area contributed by atoms with Gasteiger partial charge in [-0.1, -0.05) is 0 Å². The lowest BCUT2D eigenvalue weighted by Gasteiger charge is -2.02. The molecule has 0 unspecified atom stereocenters. The zero-order chi connectivity index (χ0) is 12.7. The number of carbonyl (C=O) groups excluding carboxylic acids is 2. The first-order valence-electron chi connectivity index (χ1n) is 5.49. The molecule has 4 heteroatoms. The first-order chi connectivity index (χ1) is 8.13. The van der Waals surface area contributed by atoms with Gasteiger partial charge in [-0.25, -0.2) is 0 Å². The molecule has 1 aromatic rings. The number of unbranched alkanes of at least 4 members (excludes halogenated alkanes) is 1. The molecule has 0 N–H and O–H groups in total. The van der Waals surface area contributed by atoms with Gasteiger partial charge in [-0.05, 0) is 59.7 Å². The van der Waals surface area contributed by atoms with Gasteiger partial charge < -0.3 is 4.74 Å². The van der Waals surface area contributed by atoms with Crippen LogP contribution in [-0.2, 0) is 4.79 Å². The van der Waals surface area contributed by atoms with Crippen molar-refractivity contribution in [2.45, 2.75) is 25.7 Å². The molecule has 92 valence electrons. The molecular weight excluding hydrogens is 331 g/mol. The van der Waals surface area contributed by atoms with Crippen LogP contribution < -0.4 is 4.74 Å². The van der Waals surface area contributed by atoms with Crippen LogP contribution in [0.3, 0.4) is 0 Å². The van der Waals surface area contributed by atoms with Gasteiger partial charge in [0.1, 0.15) is 5.75 Å². The van der Waals surface area contributed by atoms with Crippen LogP contribution in [0.5, 0.6) is 5.75 Å². The van der Waals surface area contributed by atoms with Crippen molar-refractivity contribution in [2.24, 2.45) is 0 Å². The summed E-state index contributed by atoms with van der Waals surface area (Å²) in [5.74, 6) is 0.866. The standard InChI is InChI=1S/C13H15IO3/c1-17-11-8-6-10(7-9-11)12(15)4-2-3-5-13(14)16/h6-9H,2-5H2,1H3. The maximum atomic E-state index is 11.8. The number of ketones is 1. The van der Waals surface area contributed by atoms with Gasteiger partial charge in [0.15, 0.2) is 9.57 Å². The molecule has 0 aromatic heterocycles. The van der Waals surface area contributed by atoms with E-state index < -0.39 is 0 Å². The van der Waals surface area contributed by atoms with Crippen LogP contribution in [-0.4, -0.2) is 16.7 Å². The normalized spacial score (nSPS) is 10.0. The van der Waals surface area contributed by atoms with Crippen molar-refractivity contribution in [3.8, 4) is 5.75 Å². The Labute approximate surface area is 115 Å². The van der Waals surface area contributed by atoms with E-state index in [0.717, 1.165) is 18.6 Å². The maximum absolute atomic E-state index is 11.8. The van der Waals surface area contributed by atoms with Gasteiger partial charge in [-0.3, -0.25) is 9.59 Å². The van der Waals surface area contributed by atoms with E-state index in [4.69, 9.17) is 4.74 Å². The zero-order valence-electron chi connectivity index (χ0n) is 9.74. The Morgan fingerprint density at radius 3 is 2.24 bits per heavy atom. The summed E-state index contributed by atoms with van der Waals surface area (Å²) in [5, 5.41) is 0. The Kier molecular flexibility index (Phi) is 6.18. The second-order valence-electron chi connectivity index (χ2n) is 3.71. The molecule has 3 nitrogen and oxygen atoms in total. The molecular formula is C13H15IO3. The van der Waals surface area contributed by atoms with Crippen molar-refractivity contribution in [3.63, 3.8) is 0 Å². The highest BCUT2D eigenvalue weighted by Gasteiger charge is 2.06.